The molecule has 0 aromatic heterocycles. The molecule has 11 nitrogen and oxygen atoms in total. The third-order valence-corrected chi connectivity index (χ3v) is 6.42. The van der Waals surface area contributed by atoms with E-state index in [1.54, 1.807) is 39.8 Å². The molecule has 35 heavy (non-hydrogen) atoms. The summed E-state index contributed by atoms with van der Waals surface area (Å²) < 4.78 is 5.22. The molecule has 0 aliphatic carbocycles. The number of hydrogen-bond acceptors (Lipinski definition) is 8. The molecule has 2 heterocycles. The van der Waals surface area contributed by atoms with Gasteiger partial charge in [-0.15, -0.1) is 11.8 Å². The van der Waals surface area contributed by atoms with E-state index in [-0.39, 0.29) is 11.3 Å². The summed E-state index contributed by atoms with van der Waals surface area (Å²) in [4.78, 5) is 51.4. The van der Waals surface area contributed by atoms with Gasteiger partial charge in [-0.3, -0.25) is 14.5 Å². The van der Waals surface area contributed by atoms with Crippen molar-refractivity contribution < 1.29 is 39.2 Å². The largest absolute Gasteiger partial charge is 0.504 e. The predicted molar refractivity (Wildman–Crippen MR) is 126 cm³/mol. The van der Waals surface area contributed by atoms with Crippen LogP contribution in [0.5, 0.6) is 11.5 Å². The van der Waals surface area contributed by atoms with Gasteiger partial charge in [-0.25, -0.2) is 9.59 Å². The van der Waals surface area contributed by atoms with Crippen LogP contribution in [0, 0.1) is 0 Å². The molecule has 1 unspecified atom stereocenters. The summed E-state index contributed by atoms with van der Waals surface area (Å²) in [6.07, 6.45) is 2.40. The maximum Gasteiger partial charge on any atom is 0.408 e. The second kappa shape index (κ2) is 9.90. The van der Waals surface area contributed by atoms with Crippen LogP contribution in [0.25, 0.3) is 0 Å². The molecule has 0 radical (unpaired) electrons. The van der Waals surface area contributed by atoms with Crippen molar-refractivity contribution in [3.63, 3.8) is 0 Å². The van der Waals surface area contributed by atoms with Crippen LogP contribution in [0.3, 0.4) is 0 Å². The molecule has 2 aliphatic rings. The zero-order valence-electron chi connectivity index (χ0n) is 19.6. The SMILES string of the molecule is CC=CC1=C(C(=O)O)N2C(=O)[C@@H](NC(=O)C(NC(=O)OC(C)(C)C)c3ccc(O)c(O)c3)[C@@H]2SC1. The van der Waals surface area contributed by atoms with Crippen molar-refractivity contribution in [2.24, 2.45) is 0 Å². The summed E-state index contributed by atoms with van der Waals surface area (Å²) in [5.41, 5.74) is -0.363. The van der Waals surface area contributed by atoms with Crippen LogP contribution in [0.15, 0.2) is 41.6 Å². The number of phenolic OH excluding ortho intramolecular Hbond substituents is 2. The van der Waals surface area contributed by atoms with Gasteiger partial charge >= 0.3 is 12.1 Å². The Bertz CT molecular complexity index is 1120. The topological polar surface area (TPSA) is 166 Å². The van der Waals surface area contributed by atoms with E-state index in [0.717, 1.165) is 17.0 Å². The van der Waals surface area contributed by atoms with Crippen molar-refractivity contribution in [2.45, 2.75) is 50.8 Å². The normalized spacial score (nSPS) is 20.7. The van der Waals surface area contributed by atoms with Gasteiger partial charge in [-0.2, -0.15) is 0 Å². The molecule has 5 N–H and O–H groups in total. The highest BCUT2D eigenvalue weighted by molar-refractivity contribution is 8.00. The van der Waals surface area contributed by atoms with E-state index in [0.29, 0.717) is 11.3 Å². The van der Waals surface area contributed by atoms with E-state index in [1.807, 2.05) is 0 Å². The Morgan fingerprint density at radius 2 is 1.91 bits per heavy atom. The average Bonchev–Trinajstić information content (AvgIpc) is 2.76. The Morgan fingerprint density at radius 3 is 2.49 bits per heavy atom. The fourth-order valence-corrected chi connectivity index (χ4v) is 4.97. The lowest BCUT2D eigenvalue weighted by Crippen LogP contribution is -2.71. The van der Waals surface area contributed by atoms with Gasteiger partial charge in [0.05, 0.1) is 0 Å². The van der Waals surface area contributed by atoms with Crippen molar-refractivity contribution in [3.8, 4) is 11.5 Å². The summed E-state index contributed by atoms with van der Waals surface area (Å²) in [6.45, 7) is 6.67. The number of allylic oxidation sites excluding steroid dienone is 2. The highest BCUT2D eigenvalue weighted by atomic mass is 32.2. The van der Waals surface area contributed by atoms with Crippen molar-refractivity contribution in [2.75, 3.05) is 5.75 Å². The Kier molecular flexibility index (Phi) is 7.34. The minimum atomic E-state index is -1.38. The predicted octanol–water partition coefficient (Wildman–Crippen LogP) is 1.98. The van der Waals surface area contributed by atoms with Gasteiger partial charge < -0.3 is 30.7 Å². The first-order valence-corrected chi connectivity index (χ1v) is 11.7. The Balaban J connectivity index is 1.84. The van der Waals surface area contributed by atoms with Crippen LogP contribution < -0.4 is 10.6 Å². The molecule has 0 saturated carbocycles. The number of rotatable bonds is 6. The highest BCUT2D eigenvalue weighted by Crippen LogP contribution is 2.41. The maximum atomic E-state index is 13.2. The van der Waals surface area contributed by atoms with Crippen LogP contribution in [-0.4, -0.2) is 66.9 Å². The Labute approximate surface area is 205 Å². The molecule has 1 aromatic rings. The number of carboxylic acids is 1. The molecule has 3 amide bonds. The Hall–Kier alpha value is -3.67. The summed E-state index contributed by atoms with van der Waals surface area (Å²) in [6, 6.07) is 1.19. The van der Waals surface area contributed by atoms with Gasteiger partial charge in [0.25, 0.3) is 5.91 Å². The number of aromatic hydroxyl groups is 2. The lowest BCUT2D eigenvalue weighted by atomic mass is 10.0. The fourth-order valence-electron chi connectivity index (χ4n) is 3.65. The smallest absolute Gasteiger partial charge is 0.408 e. The van der Waals surface area contributed by atoms with Crippen LogP contribution in [-0.2, 0) is 19.1 Å². The molecule has 188 valence electrons. The van der Waals surface area contributed by atoms with Crippen LogP contribution in [0.1, 0.15) is 39.3 Å². The van der Waals surface area contributed by atoms with Gasteiger partial charge in [0.15, 0.2) is 11.5 Å². The highest BCUT2D eigenvalue weighted by Gasteiger charge is 2.54. The number of carbonyl (C=O) groups excluding carboxylic acids is 3. The number of hydrogen-bond donors (Lipinski definition) is 5. The maximum absolute atomic E-state index is 13.2. The van der Waals surface area contributed by atoms with Gasteiger partial charge in [-0.05, 0) is 51.0 Å². The zero-order valence-corrected chi connectivity index (χ0v) is 20.4. The number of benzene rings is 1. The molecule has 3 atom stereocenters. The first kappa shape index (κ1) is 25.9. The molecule has 1 saturated heterocycles. The number of phenols is 2. The van der Waals surface area contributed by atoms with Gasteiger partial charge in [0.2, 0.25) is 5.91 Å². The third-order valence-electron chi connectivity index (χ3n) is 5.12. The second-order valence-electron chi connectivity index (χ2n) is 8.90. The van der Waals surface area contributed by atoms with E-state index in [4.69, 9.17) is 4.74 Å². The summed E-state index contributed by atoms with van der Waals surface area (Å²) >= 11 is 1.30. The monoisotopic (exact) mass is 505 g/mol. The third kappa shape index (κ3) is 5.53. The molecular formula is C23H27N3O8S. The molecule has 2 aliphatic heterocycles. The van der Waals surface area contributed by atoms with E-state index >= 15 is 0 Å². The van der Waals surface area contributed by atoms with Crippen molar-refractivity contribution >= 4 is 35.6 Å². The number of nitrogens with zero attached hydrogens (tertiary/aromatic N) is 1. The average molecular weight is 506 g/mol. The number of nitrogens with one attached hydrogen (secondary N) is 2. The van der Waals surface area contributed by atoms with Gasteiger partial charge in [0, 0.05) is 5.75 Å². The van der Waals surface area contributed by atoms with Crippen LogP contribution in [0.4, 0.5) is 4.79 Å². The lowest BCUT2D eigenvalue weighted by Gasteiger charge is -2.49. The van der Waals surface area contributed by atoms with Crippen molar-refractivity contribution in [1.29, 1.82) is 0 Å². The zero-order chi connectivity index (χ0) is 26.1. The molecule has 0 bridgehead atoms. The van der Waals surface area contributed by atoms with E-state index < -0.39 is 58.4 Å². The van der Waals surface area contributed by atoms with Crippen molar-refractivity contribution in [1.82, 2.24) is 15.5 Å². The number of fused-ring (bicyclic) bond motifs is 1. The summed E-state index contributed by atoms with van der Waals surface area (Å²) in [5.74, 6) is -3.21. The van der Waals surface area contributed by atoms with Crippen LogP contribution in [0.2, 0.25) is 0 Å². The molecular weight excluding hydrogens is 478 g/mol. The minimum absolute atomic E-state index is 0.130. The molecule has 3 rings (SSSR count). The minimum Gasteiger partial charge on any atom is -0.504 e. The standard InChI is InChI=1S/C23H27N3O8S/c1-5-6-12-10-35-20-16(19(30)26(20)17(12)21(31)32)24-18(29)15(25-22(33)34-23(2,3)4)11-7-8-13(27)14(28)9-11/h5-9,15-16,20,27-28H,10H2,1-4H3,(H,24,29)(H,25,33)(H,31,32)/t15?,16-,20+/m1/s1. The quantitative estimate of drug-likeness (QED) is 0.287. The fraction of sp³-hybridized carbons (Fsp3) is 0.391. The number of β-lactam (4-membered cyclic amide) rings is 1. The molecule has 1 aromatic carbocycles. The van der Waals surface area contributed by atoms with E-state index in [9.17, 15) is 34.5 Å². The summed E-state index contributed by atoms with van der Waals surface area (Å²) in [5, 5.41) is 33.5. The number of carboxylic acid groups (broad SMARTS) is 1. The first-order chi connectivity index (χ1) is 16.3. The molecule has 0 spiro atoms. The van der Waals surface area contributed by atoms with Gasteiger partial charge in [-0.1, -0.05) is 18.2 Å². The first-order valence-electron chi connectivity index (χ1n) is 10.7. The Morgan fingerprint density at radius 1 is 1.23 bits per heavy atom. The number of ether oxygens (including phenoxy) is 1. The van der Waals surface area contributed by atoms with E-state index in [1.165, 1.54) is 17.8 Å². The number of alkyl carbamates (subject to hydrolysis) is 1. The van der Waals surface area contributed by atoms with Gasteiger partial charge in [0.1, 0.15) is 28.8 Å². The number of carbonyl (C=O) groups is 4. The number of amides is 3. The number of thioether (sulfide) groups is 1. The van der Waals surface area contributed by atoms with E-state index in [2.05, 4.69) is 10.6 Å². The second-order valence-corrected chi connectivity index (χ2v) is 10.0. The number of aliphatic carboxylic acids is 1. The van der Waals surface area contributed by atoms with Crippen LogP contribution >= 0.6 is 11.8 Å². The molecule has 1 fully saturated rings. The lowest BCUT2D eigenvalue weighted by molar-refractivity contribution is -0.150. The summed E-state index contributed by atoms with van der Waals surface area (Å²) in [7, 11) is 0. The van der Waals surface area contributed by atoms with Crippen molar-refractivity contribution in [3.05, 3.63) is 47.2 Å². The molecule has 12 heteroatoms.